The molecule has 21 heavy (non-hydrogen) atoms. The molecule has 1 aromatic heterocycles. The fourth-order valence-electron chi connectivity index (χ4n) is 2.34. The van der Waals surface area contributed by atoms with Crippen molar-refractivity contribution in [3.63, 3.8) is 0 Å². The van der Waals surface area contributed by atoms with Crippen LogP contribution in [-0.4, -0.2) is 17.9 Å². The van der Waals surface area contributed by atoms with Crippen molar-refractivity contribution in [1.82, 2.24) is 10.5 Å². The molecule has 0 aliphatic carbocycles. The highest BCUT2D eigenvalue weighted by atomic mass is 35.5. The second-order valence-electron chi connectivity index (χ2n) is 5.11. The Bertz CT molecular complexity index is 611. The second-order valence-corrected chi connectivity index (χ2v) is 5.51. The first kappa shape index (κ1) is 14.5. The van der Waals surface area contributed by atoms with E-state index in [1.807, 2.05) is 6.07 Å². The summed E-state index contributed by atoms with van der Waals surface area (Å²) in [7, 11) is 0. The molecule has 0 bridgehead atoms. The molecular formula is C15H16ClFN2O2. The lowest BCUT2D eigenvalue weighted by atomic mass is 10.1. The van der Waals surface area contributed by atoms with E-state index in [0.717, 1.165) is 30.6 Å². The third-order valence-corrected chi connectivity index (χ3v) is 3.72. The van der Waals surface area contributed by atoms with E-state index in [1.165, 1.54) is 6.07 Å². The van der Waals surface area contributed by atoms with Gasteiger partial charge < -0.3 is 9.26 Å². The van der Waals surface area contributed by atoms with Gasteiger partial charge in [-0.25, -0.2) is 4.39 Å². The van der Waals surface area contributed by atoms with Crippen LogP contribution in [0.5, 0.6) is 0 Å². The Morgan fingerprint density at radius 2 is 2.33 bits per heavy atom. The summed E-state index contributed by atoms with van der Waals surface area (Å²) in [5.41, 5.74) is 1.53. The summed E-state index contributed by atoms with van der Waals surface area (Å²) in [6, 6.07) is 6.55. The second kappa shape index (κ2) is 6.56. The van der Waals surface area contributed by atoms with E-state index >= 15 is 0 Å². The topological polar surface area (TPSA) is 47.3 Å². The van der Waals surface area contributed by atoms with E-state index in [9.17, 15) is 4.39 Å². The van der Waals surface area contributed by atoms with Crippen LogP contribution in [0.1, 0.15) is 29.9 Å². The van der Waals surface area contributed by atoms with Gasteiger partial charge >= 0.3 is 0 Å². The molecule has 0 radical (unpaired) electrons. The first-order valence-electron chi connectivity index (χ1n) is 6.94. The van der Waals surface area contributed by atoms with Crippen LogP contribution in [0.15, 0.2) is 28.8 Å². The van der Waals surface area contributed by atoms with Gasteiger partial charge in [0.05, 0.1) is 11.6 Å². The van der Waals surface area contributed by atoms with E-state index in [4.69, 9.17) is 20.9 Å². The molecule has 0 unspecified atom stereocenters. The third-order valence-electron chi connectivity index (χ3n) is 3.42. The van der Waals surface area contributed by atoms with Crippen LogP contribution in [0.25, 0.3) is 0 Å². The van der Waals surface area contributed by atoms with Crippen molar-refractivity contribution in [2.75, 3.05) is 6.54 Å². The Labute approximate surface area is 127 Å². The van der Waals surface area contributed by atoms with Gasteiger partial charge in [0.1, 0.15) is 23.5 Å². The standard InChI is InChI=1S/C15H16ClFN2O2/c16-13-4-3-10(7-14(13)17)6-12-8-11(19-21-12)9-20-15-2-1-5-18-15/h3-4,7-8,15,18H,1-2,5-6,9H2/t15-/m0/s1. The molecule has 1 atom stereocenters. The van der Waals surface area contributed by atoms with Crippen molar-refractivity contribution in [2.45, 2.75) is 32.1 Å². The molecule has 0 spiro atoms. The molecule has 6 heteroatoms. The van der Waals surface area contributed by atoms with Gasteiger partial charge in [0.15, 0.2) is 0 Å². The third kappa shape index (κ3) is 3.81. The van der Waals surface area contributed by atoms with Crippen LogP contribution < -0.4 is 5.32 Å². The molecule has 1 aliphatic heterocycles. The number of hydrogen-bond donors (Lipinski definition) is 1. The number of hydrogen-bond acceptors (Lipinski definition) is 4. The van der Waals surface area contributed by atoms with Gasteiger partial charge in [-0.3, -0.25) is 5.32 Å². The van der Waals surface area contributed by atoms with Crippen molar-refractivity contribution >= 4 is 11.6 Å². The zero-order chi connectivity index (χ0) is 14.7. The van der Waals surface area contributed by atoms with Crippen molar-refractivity contribution < 1.29 is 13.7 Å². The summed E-state index contributed by atoms with van der Waals surface area (Å²) in [6.45, 7) is 1.41. The Kier molecular flexibility index (Phi) is 4.53. The predicted molar refractivity (Wildman–Crippen MR) is 76.5 cm³/mol. The number of nitrogens with zero attached hydrogens (tertiary/aromatic N) is 1. The summed E-state index contributed by atoms with van der Waals surface area (Å²) in [5, 5.41) is 7.34. The molecule has 1 aromatic carbocycles. The Morgan fingerprint density at radius 3 is 3.10 bits per heavy atom. The zero-order valence-electron chi connectivity index (χ0n) is 11.4. The Balaban J connectivity index is 1.57. The van der Waals surface area contributed by atoms with Crippen molar-refractivity contribution in [3.8, 4) is 0 Å². The quantitative estimate of drug-likeness (QED) is 0.920. The predicted octanol–water partition coefficient (Wildman–Crippen LogP) is 3.28. The highest BCUT2D eigenvalue weighted by Gasteiger charge is 2.15. The van der Waals surface area contributed by atoms with E-state index in [-0.39, 0.29) is 11.3 Å². The van der Waals surface area contributed by atoms with Crippen LogP contribution in [0, 0.1) is 5.82 Å². The summed E-state index contributed by atoms with van der Waals surface area (Å²) in [4.78, 5) is 0. The van der Waals surface area contributed by atoms with Crippen LogP contribution >= 0.6 is 11.6 Å². The van der Waals surface area contributed by atoms with Gasteiger partial charge in [0.25, 0.3) is 0 Å². The number of rotatable bonds is 5. The Hall–Kier alpha value is -1.43. The van der Waals surface area contributed by atoms with E-state index in [1.54, 1.807) is 12.1 Å². The van der Waals surface area contributed by atoms with Crippen molar-refractivity contribution in [2.24, 2.45) is 0 Å². The molecule has 3 rings (SSSR count). The molecule has 1 N–H and O–H groups in total. The minimum Gasteiger partial charge on any atom is -0.361 e. The molecule has 1 fully saturated rings. The Morgan fingerprint density at radius 1 is 1.43 bits per heavy atom. The van der Waals surface area contributed by atoms with E-state index < -0.39 is 5.82 Å². The highest BCUT2D eigenvalue weighted by Crippen LogP contribution is 2.18. The maximum atomic E-state index is 13.4. The number of halogens is 2. The highest BCUT2D eigenvalue weighted by molar-refractivity contribution is 6.30. The number of ether oxygens (including phenoxy) is 1. The summed E-state index contributed by atoms with van der Waals surface area (Å²) in [6.07, 6.45) is 2.74. The lowest BCUT2D eigenvalue weighted by molar-refractivity contribution is 0.0281. The lowest BCUT2D eigenvalue weighted by Gasteiger charge is -2.09. The van der Waals surface area contributed by atoms with E-state index in [0.29, 0.717) is 18.8 Å². The van der Waals surface area contributed by atoms with E-state index in [2.05, 4.69) is 10.5 Å². The normalized spacial score (nSPS) is 18.3. The number of benzene rings is 1. The smallest absolute Gasteiger partial charge is 0.142 e. The van der Waals surface area contributed by atoms with Crippen LogP contribution in [-0.2, 0) is 17.8 Å². The fourth-order valence-corrected chi connectivity index (χ4v) is 2.46. The fraction of sp³-hybridized carbons (Fsp3) is 0.400. The molecule has 112 valence electrons. The minimum absolute atomic E-state index is 0.107. The SMILES string of the molecule is Fc1cc(Cc2cc(CO[C@H]3CCCN3)no2)ccc1Cl. The van der Waals surface area contributed by atoms with Gasteiger partial charge in [0.2, 0.25) is 0 Å². The molecule has 2 aromatic rings. The summed E-state index contributed by atoms with van der Waals surface area (Å²) < 4.78 is 24.3. The molecule has 1 aliphatic rings. The average molecular weight is 311 g/mol. The van der Waals surface area contributed by atoms with Gasteiger partial charge in [0, 0.05) is 12.5 Å². The largest absolute Gasteiger partial charge is 0.361 e. The van der Waals surface area contributed by atoms with Crippen molar-refractivity contribution in [3.05, 3.63) is 52.1 Å². The molecule has 0 saturated carbocycles. The first-order chi connectivity index (χ1) is 10.2. The number of nitrogens with one attached hydrogen (secondary N) is 1. The zero-order valence-corrected chi connectivity index (χ0v) is 12.2. The molecule has 0 amide bonds. The first-order valence-corrected chi connectivity index (χ1v) is 7.32. The molecule has 2 heterocycles. The van der Waals surface area contributed by atoms with Crippen LogP contribution in [0.4, 0.5) is 4.39 Å². The summed E-state index contributed by atoms with van der Waals surface area (Å²) in [5.74, 6) is 0.249. The van der Waals surface area contributed by atoms with Gasteiger partial charge in [-0.15, -0.1) is 0 Å². The minimum atomic E-state index is -0.426. The van der Waals surface area contributed by atoms with Gasteiger partial charge in [-0.1, -0.05) is 22.8 Å². The van der Waals surface area contributed by atoms with Gasteiger partial charge in [-0.05, 0) is 37.1 Å². The van der Waals surface area contributed by atoms with Gasteiger partial charge in [-0.2, -0.15) is 0 Å². The maximum absolute atomic E-state index is 13.4. The molecule has 1 saturated heterocycles. The monoisotopic (exact) mass is 310 g/mol. The number of aromatic nitrogens is 1. The molecular weight excluding hydrogens is 295 g/mol. The van der Waals surface area contributed by atoms with Crippen molar-refractivity contribution in [1.29, 1.82) is 0 Å². The average Bonchev–Trinajstić information content (AvgIpc) is 3.12. The van der Waals surface area contributed by atoms with Crippen LogP contribution in [0.3, 0.4) is 0 Å². The maximum Gasteiger partial charge on any atom is 0.142 e. The lowest BCUT2D eigenvalue weighted by Crippen LogP contribution is -2.24. The molecule has 4 nitrogen and oxygen atoms in total. The van der Waals surface area contributed by atoms with Crippen LogP contribution in [0.2, 0.25) is 5.02 Å². The summed E-state index contributed by atoms with van der Waals surface area (Å²) >= 11 is 5.66.